The molecule has 1 heterocycles. The Kier molecular flexibility index (Phi) is 4.38. The maximum Gasteiger partial charge on any atom is 0.152 e. The summed E-state index contributed by atoms with van der Waals surface area (Å²) in [6.45, 7) is 0. The highest BCUT2D eigenvalue weighted by Crippen LogP contribution is 2.23. The second kappa shape index (κ2) is 6.79. The first-order valence-corrected chi connectivity index (χ1v) is 7.34. The largest absolute Gasteiger partial charge is 0.457 e. The van der Waals surface area contributed by atoms with Gasteiger partial charge >= 0.3 is 0 Å². The third kappa shape index (κ3) is 3.23. The standard InChI is InChI=1S/C18H18N4O/c1-19-12-16-17(21-22-18(16)20-2)13-8-10-15(11-9-13)23-14-6-4-3-5-7-14/h3-12,19H,1-2H3,(H,20,22)/b16-12-. The monoisotopic (exact) mass is 306 g/mol. The van der Waals surface area contributed by atoms with Gasteiger partial charge in [0.05, 0.1) is 5.57 Å². The van der Waals surface area contributed by atoms with Crippen molar-refractivity contribution in [3.05, 3.63) is 71.9 Å². The smallest absolute Gasteiger partial charge is 0.152 e. The molecule has 2 N–H and O–H groups in total. The molecule has 2 aromatic carbocycles. The van der Waals surface area contributed by atoms with Crippen LogP contribution in [0, 0.1) is 0 Å². The van der Waals surface area contributed by atoms with Crippen LogP contribution >= 0.6 is 0 Å². The van der Waals surface area contributed by atoms with E-state index in [-0.39, 0.29) is 0 Å². The molecule has 0 aromatic heterocycles. The second-order valence-corrected chi connectivity index (χ2v) is 4.93. The van der Waals surface area contributed by atoms with Crippen LogP contribution in [0.25, 0.3) is 0 Å². The Morgan fingerprint density at radius 2 is 1.74 bits per heavy atom. The molecule has 5 heteroatoms. The van der Waals surface area contributed by atoms with Crippen LogP contribution in [0.1, 0.15) is 5.56 Å². The zero-order chi connectivity index (χ0) is 16.1. The molecule has 1 aliphatic rings. The molecule has 0 saturated carbocycles. The van der Waals surface area contributed by atoms with E-state index in [9.17, 15) is 0 Å². The molecule has 0 amide bonds. The van der Waals surface area contributed by atoms with Crippen molar-refractivity contribution >= 4 is 11.5 Å². The maximum atomic E-state index is 5.81. The zero-order valence-corrected chi connectivity index (χ0v) is 13.1. The lowest BCUT2D eigenvalue weighted by atomic mass is 10.0. The van der Waals surface area contributed by atoms with Crippen molar-refractivity contribution in [2.45, 2.75) is 0 Å². The van der Waals surface area contributed by atoms with E-state index >= 15 is 0 Å². The predicted molar refractivity (Wildman–Crippen MR) is 93.1 cm³/mol. The van der Waals surface area contributed by atoms with E-state index in [1.54, 1.807) is 7.05 Å². The van der Waals surface area contributed by atoms with E-state index in [1.807, 2.05) is 67.8 Å². The minimum Gasteiger partial charge on any atom is -0.457 e. The minimum atomic E-state index is 0.749. The fraction of sp³-hybridized carbons (Fsp3) is 0.111. The van der Waals surface area contributed by atoms with Gasteiger partial charge in [-0.15, -0.1) is 0 Å². The number of aliphatic imine (C=N–C) groups is 1. The van der Waals surface area contributed by atoms with Crippen molar-refractivity contribution in [2.24, 2.45) is 10.1 Å². The maximum absolute atomic E-state index is 5.81. The molecule has 2 aromatic rings. The van der Waals surface area contributed by atoms with Gasteiger partial charge in [-0.25, -0.2) is 0 Å². The number of hydrogen-bond donors (Lipinski definition) is 2. The summed E-state index contributed by atoms with van der Waals surface area (Å²) in [6, 6.07) is 17.6. The molecule has 0 atom stereocenters. The summed E-state index contributed by atoms with van der Waals surface area (Å²) in [4.78, 5) is 4.19. The van der Waals surface area contributed by atoms with Crippen LogP contribution in [0.5, 0.6) is 11.5 Å². The number of nitrogens with one attached hydrogen (secondary N) is 2. The molecule has 0 fully saturated rings. The molecule has 1 aliphatic heterocycles. The van der Waals surface area contributed by atoms with E-state index in [0.717, 1.165) is 34.2 Å². The number of benzene rings is 2. The van der Waals surface area contributed by atoms with Crippen LogP contribution in [0.2, 0.25) is 0 Å². The van der Waals surface area contributed by atoms with Crippen molar-refractivity contribution < 1.29 is 4.74 Å². The van der Waals surface area contributed by atoms with Crippen LogP contribution in [0.15, 0.2) is 76.5 Å². The van der Waals surface area contributed by atoms with Crippen molar-refractivity contribution in [2.75, 3.05) is 14.1 Å². The highest BCUT2D eigenvalue weighted by Gasteiger charge is 2.21. The number of ether oxygens (including phenoxy) is 1. The van der Waals surface area contributed by atoms with E-state index in [0.29, 0.717) is 0 Å². The highest BCUT2D eigenvalue weighted by atomic mass is 16.5. The van der Waals surface area contributed by atoms with Gasteiger partial charge in [0.2, 0.25) is 0 Å². The Labute approximate surface area is 135 Å². The molecule has 3 rings (SSSR count). The van der Waals surface area contributed by atoms with Gasteiger partial charge in [-0.1, -0.05) is 18.2 Å². The molecular formula is C18H18N4O. The molecule has 0 spiro atoms. The van der Waals surface area contributed by atoms with E-state index < -0.39 is 0 Å². The first kappa shape index (κ1) is 14.8. The number of hydrazone groups is 1. The van der Waals surface area contributed by atoms with Gasteiger partial charge in [0, 0.05) is 25.9 Å². The molecule has 0 saturated heterocycles. The van der Waals surface area contributed by atoms with Gasteiger partial charge in [-0.2, -0.15) is 5.10 Å². The average molecular weight is 306 g/mol. The minimum absolute atomic E-state index is 0.749. The quantitative estimate of drug-likeness (QED) is 0.913. The summed E-state index contributed by atoms with van der Waals surface area (Å²) in [5.74, 6) is 2.35. The third-order valence-corrected chi connectivity index (χ3v) is 3.40. The molecule has 0 unspecified atom stereocenters. The lowest BCUT2D eigenvalue weighted by Crippen LogP contribution is -2.16. The summed E-state index contributed by atoms with van der Waals surface area (Å²) in [5, 5.41) is 7.39. The number of hydrogen-bond acceptors (Lipinski definition) is 4. The van der Waals surface area contributed by atoms with Crippen molar-refractivity contribution in [3.63, 3.8) is 0 Å². The fourth-order valence-corrected chi connectivity index (χ4v) is 2.32. The SMILES string of the molecule is C/N=C1/NN=C(c2ccc(Oc3ccccc3)cc2)/C1=C/NC. The Morgan fingerprint density at radius 3 is 2.39 bits per heavy atom. The molecule has 0 radical (unpaired) electrons. The average Bonchev–Trinajstić information content (AvgIpc) is 3.00. The number of nitrogens with zero attached hydrogens (tertiary/aromatic N) is 2. The first-order chi connectivity index (χ1) is 11.3. The number of para-hydroxylation sites is 1. The van der Waals surface area contributed by atoms with Crippen LogP contribution < -0.4 is 15.5 Å². The lowest BCUT2D eigenvalue weighted by molar-refractivity contribution is 0.482. The number of amidine groups is 1. The highest BCUT2D eigenvalue weighted by molar-refractivity contribution is 6.32. The van der Waals surface area contributed by atoms with Crippen LogP contribution in [-0.2, 0) is 0 Å². The van der Waals surface area contributed by atoms with Crippen LogP contribution in [0.4, 0.5) is 0 Å². The topological polar surface area (TPSA) is 58.0 Å². The molecule has 116 valence electrons. The van der Waals surface area contributed by atoms with Gasteiger partial charge in [0.15, 0.2) is 5.84 Å². The Balaban J connectivity index is 1.81. The summed E-state index contributed by atoms with van der Waals surface area (Å²) < 4.78 is 5.81. The Hall–Kier alpha value is -3.08. The summed E-state index contributed by atoms with van der Waals surface area (Å²) in [7, 11) is 3.59. The van der Waals surface area contributed by atoms with Crippen LogP contribution in [0.3, 0.4) is 0 Å². The summed E-state index contributed by atoms with van der Waals surface area (Å²) >= 11 is 0. The van der Waals surface area contributed by atoms with Crippen molar-refractivity contribution in [3.8, 4) is 11.5 Å². The molecule has 5 nitrogen and oxygen atoms in total. The molecule has 0 bridgehead atoms. The van der Waals surface area contributed by atoms with Gasteiger partial charge in [0.25, 0.3) is 0 Å². The number of rotatable bonds is 4. The third-order valence-electron chi connectivity index (χ3n) is 3.40. The lowest BCUT2D eigenvalue weighted by Gasteiger charge is -2.07. The summed E-state index contributed by atoms with van der Waals surface area (Å²) in [6.07, 6.45) is 1.88. The first-order valence-electron chi connectivity index (χ1n) is 7.34. The van der Waals surface area contributed by atoms with Crippen molar-refractivity contribution in [1.29, 1.82) is 0 Å². The fourth-order valence-electron chi connectivity index (χ4n) is 2.32. The summed E-state index contributed by atoms with van der Waals surface area (Å²) in [5.41, 5.74) is 5.73. The molecular weight excluding hydrogens is 288 g/mol. The Morgan fingerprint density at radius 1 is 1.04 bits per heavy atom. The normalized spacial score (nSPS) is 17.0. The Bertz CT molecular complexity index is 761. The zero-order valence-electron chi connectivity index (χ0n) is 13.1. The van der Waals surface area contributed by atoms with Gasteiger partial charge in [-0.05, 0) is 36.4 Å². The van der Waals surface area contributed by atoms with E-state index in [2.05, 4.69) is 20.8 Å². The van der Waals surface area contributed by atoms with Gasteiger partial charge < -0.3 is 10.1 Å². The molecule has 0 aliphatic carbocycles. The van der Waals surface area contributed by atoms with Gasteiger partial charge in [0.1, 0.15) is 17.2 Å². The van der Waals surface area contributed by atoms with Crippen molar-refractivity contribution in [1.82, 2.24) is 10.7 Å². The van der Waals surface area contributed by atoms with E-state index in [1.165, 1.54) is 0 Å². The molecule has 23 heavy (non-hydrogen) atoms. The second-order valence-electron chi connectivity index (χ2n) is 4.93. The van der Waals surface area contributed by atoms with Gasteiger partial charge in [-0.3, -0.25) is 10.4 Å². The van der Waals surface area contributed by atoms with E-state index in [4.69, 9.17) is 4.74 Å². The predicted octanol–water partition coefficient (Wildman–Crippen LogP) is 2.92. The van der Waals surface area contributed by atoms with Crippen LogP contribution in [-0.4, -0.2) is 25.6 Å².